The van der Waals surface area contributed by atoms with Gasteiger partial charge < -0.3 is 14.0 Å². The summed E-state index contributed by atoms with van der Waals surface area (Å²) in [4.78, 5) is 23.4. The zero-order chi connectivity index (χ0) is 18.1. The van der Waals surface area contributed by atoms with Crippen molar-refractivity contribution in [3.63, 3.8) is 0 Å². The topological polar surface area (TPSA) is 56.0 Å². The molecule has 134 valence electrons. The van der Waals surface area contributed by atoms with Crippen molar-refractivity contribution >= 4 is 5.91 Å². The van der Waals surface area contributed by atoms with Gasteiger partial charge in [0.2, 0.25) is 0 Å². The summed E-state index contributed by atoms with van der Waals surface area (Å²) in [6.45, 7) is 3.63. The number of rotatable bonds is 3. The van der Waals surface area contributed by atoms with Crippen molar-refractivity contribution in [2.75, 3.05) is 13.1 Å². The molecule has 0 unspecified atom stereocenters. The number of likely N-dealkylation sites (tertiary alicyclic amines) is 1. The predicted octanol–water partition coefficient (Wildman–Crippen LogP) is 3.07. The molecule has 0 aromatic carbocycles. The normalized spacial score (nSPS) is 15.4. The standard InChI is InChI=1S/C20H23N5O/c1-15-14-22-19(16-5-9-21-10-6-16)25(15)17-7-12-24(13-8-17)20(26)18-4-3-11-23(18)2/h3-6,9-11,14,17H,7-8,12-13H2,1-2H3. The lowest BCUT2D eigenvalue weighted by molar-refractivity contribution is 0.0685. The molecule has 0 spiro atoms. The molecule has 1 fully saturated rings. The molecule has 3 aromatic heterocycles. The third kappa shape index (κ3) is 2.92. The fourth-order valence-corrected chi connectivity index (χ4v) is 3.79. The second kappa shape index (κ2) is 6.78. The predicted molar refractivity (Wildman–Crippen MR) is 99.8 cm³/mol. The van der Waals surface area contributed by atoms with E-state index in [0.717, 1.165) is 48.7 Å². The highest BCUT2D eigenvalue weighted by atomic mass is 16.2. The summed E-state index contributed by atoms with van der Waals surface area (Å²) in [6.07, 6.45) is 9.31. The van der Waals surface area contributed by atoms with Crippen molar-refractivity contribution in [1.82, 2.24) is 24.0 Å². The fraction of sp³-hybridized carbons (Fsp3) is 0.350. The molecule has 1 saturated heterocycles. The van der Waals surface area contributed by atoms with Crippen molar-refractivity contribution in [2.45, 2.75) is 25.8 Å². The Hall–Kier alpha value is -2.89. The number of piperidine rings is 1. The Labute approximate surface area is 153 Å². The monoisotopic (exact) mass is 349 g/mol. The second-order valence-corrected chi connectivity index (χ2v) is 6.86. The van der Waals surface area contributed by atoms with E-state index < -0.39 is 0 Å². The van der Waals surface area contributed by atoms with Gasteiger partial charge >= 0.3 is 0 Å². The maximum atomic E-state index is 12.7. The summed E-state index contributed by atoms with van der Waals surface area (Å²) in [7, 11) is 1.91. The maximum absolute atomic E-state index is 12.7. The van der Waals surface area contributed by atoms with Gasteiger partial charge in [-0.05, 0) is 44.0 Å². The van der Waals surface area contributed by atoms with E-state index in [1.165, 1.54) is 0 Å². The quantitative estimate of drug-likeness (QED) is 0.730. The molecule has 3 aromatic rings. The van der Waals surface area contributed by atoms with Crippen LogP contribution in [-0.4, -0.2) is 43.0 Å². The first-order chi connectivity index (χ1) is 12.6. The van der Waals surface area contributed by atoms with Gasteiger partial charge in [-0.25, -0.2) is 4.98 Å². The minimum Gasteiger partial charge on any atom is -0.347 e. The van der Waals surface area contributed by atoms with E-state index in [1.54, 1.807) is 12.4 Å². The van der Waals surface area contributed by atoms with Gasteiger partial charge in [0, 0.05) is 62.2 Å². The molecule has 4 heterocycles. The van der Waals surface area contributed by atoms with Gasteiger partial charge in [0.1, 0.15) is 11.5 Å². The van der Waals surface area contributed by atoms with Crippen LogP contribution in [0.15, 0.2) is 49.1 Å². The van der Waals surface area contributed by atoms with Gasteiger partial charge in [-0.3, -0.25) is 9.78 Å². The summed E-state index contributed by atoms with van der Waals surface area (Å²) in [5, 5.41) is 0. The second-order valence-electron chi connectivity index (χ2n) is 6.86. The van der Waals surface area contributed by atoms with Crippen LogP contribution in [0.5, 0.6) is 0 Å². The number of aryl methyl sites for hydroxylation is 2. The highest BCUT2D eigenvalue weighted by Gasteiger charge is 2.27. The summed E-state index contributed by atoms with van der Waals surface area (Å²) in [5.74, 6) is 1.10. The molecule has 0 N–H and O–H groups in total. The maximum Gasteiger partial charge on any atom is 0.270 e. The third-order valence-electron chi connectivity index (χ3n) is 5.20. The number of hydrogen-bond acceptors (Lipinski definition) is 3. The van der Waals surface area contributed by atoms with Crippen LogP contribution >= 0.6 is 0 Å². The minimum absolute atomic E-state index is 0.118. The molecule has 1 aliphatic rings. The molecule has 0 saturated carbocycles. The first kappa shape index (κ1) is 16.6. The number of nitrogens with zero attached hydrogens (tertiary/aromatic N) is 5. The van der Waals surface area contributed by atoms with Crippen molar-refractivity contribution in [1.29, 1.82) is 0 Å². The molecule has 1 amide bonds. The van der Waals surface area contributed by atoms with Gasteiger partial charge in [-0.2, -0.15) is 0 Å². The Morgan fingerprint density at radius 3 is 2.54 bits per heavy atom. The van der Waals surface area contributed by atoms with E-state index in [1.807, 2.05) is 53.2 Å². The van der Waals surface area contributed by atoms with Crippen LogP contribution in [-0.2, 0) is 7.05 Å². The molecule has 6 nitrogen and oxygen atoms in total. The molecular weight excluding hydrogens is 326 g/mol. The number of aromatic nitrogens is 4. The largest absolute Gasteiger partial charge is 0.347 e. The van der Waals surface area contributed by atoms with Crippen molar-refractivity contribution in [2.24, 2.45) is 7.05 Å². The van der Waals surface area contributed by atoms with E-state index >= 15 is 0 Å². The first-order valence-corrected chi connectivity index (χ1v) is 9.00. The average molecular weight is 349 g/mol. The Morgan fingerprint density at radius 2 is 1.88 bits per heavy atom. The van der Waals surface area contributed by atoms with E-state index in [2.05, 4.69) is 21.5 Å². The molecule has 0 aliphatic carbocycles. The molecule has 4 rings (SSSR count). The number of hydrogen-bond donors (Lipinski definition) is 0. The zero-order valence-corrected chi connectivity index (χ0v) is 15.2. The van der Waals surface area contributed by atoms with Gasteiger partial charge in [0.05, 0.1) is 0 Å². The molecule has 26 heavy (non-hydrogen) atoms. The molecule has 6 heteroatoms. The first-order valence-electron chi connectivity index (χ1n) is 9.00. The Kier molecular flexibility index (Phi) is 4.32. The SMILES string of the molecule is Cc1cnc(-c2ccncc2)n1C1CCN(C(=O)c2cccn2C)CC1. The van der Waals surface area contributed by atoms with Crippen LogP contribution in [0.1, 0.15) is 35.1 Å². The lowest BCUT2D eigenvalue weighted by Gasteiger charge is -2.34. The minimum atomic E-state index is 0.118. The van der Waals surface area contributed by atoms with Crippen molar-refractivity contribution in [3.8, 4) is 11.4 Å². The van der Waals surface area contributed by atoms with Crippen LogP contribution in [0.25, 0.3) is 11.4 Å². The number of carbonyl (C=O) groups excluding carboxylic acids is 1. The van der Waals surface area contributed by atoms with E-state index in [9.17, 15) is 4.79 Å². The van der Waals surface area contributed by atoms with Gasteiger partial charge in [0.25, 0.3) is 5.91 Å². The molecule has 0 radical (unpaired) electrons. The van der Waals surface area contributed by atoms with E-state index in [0.29, 0.717) is 6.04 Å². The fourth-order valence-electron chi connectivity index (χ4n) is 3.79. The Balaban J connectivity index is 1.52. The molecule has 1 aliphatic heterocycles. The molecular formula is C20H23N5O. The van der Waals surface area contributed by atoms with Gasteiger partial charge in [-0.1, -0.05) is 0 Å². The lowest BCUT2D eigenvalue weighted by atomic mass is 10.0. The number of imidazole rings is 1. The number of carbonyl (C=O) groups is 1. The lowest BCUT2D eigenvalue weighted by Crippen LogP contribution is -2.40. The van der Waals surface area contributed by atoms with Crippen LogP contribution in [0.2, 0.25) is 0 Å². The van der Waals surface area contributed by atoms with Gasteiger partial charge in [0.15, 0.2) is 0 Å². The summed E-state index contributed by atoms with van der Waals surface area (Å²) >= 11 is 0. The Morgan fingerprint density at radius 1 is 1.15 bits per heavy atom. The average Bonchev–Trinajstić information content (AvgIpc) is 3.27. The summed E-state index contributed by atoms with van der Waals surface area (Å²) in [6, 6.07) is 8.14. The highest BCUT2D eigenvalue weighted by Crippen LogP contribution is 2.30. The van der Waals surface area contributed by atoms with Crippen LogP contribution in [0, 0.1) is 6.92 Å². The number of amides is 1. The number of pyridine rings is 1. The van der Waals surface area contributed by atoms with E-state index in [-0.39, 0.29) is 5.91 Å². The van der Waals surface area contributed by atoms with Crippen LogP contribution in [0.4, 0.5) is 0 Å². The van der Waals surface area contributed by atoms with Crippen molar-refractivity contribution in [3.05, 3.63) is 60.4 Å². The Bertz CT molecular complexity index is 903. The van der Waals surface area contributed by atoms with E-state index in [4.69, 9.17) is 0 Å². The summed E-state index contributed by atoms with van der Waals surface area (Å²) < 4.78 is 4.20. The summed E-state index contributed by atoms with van der Waals surface area (Å²) in [5.41, 5.74) is 2.99. The van der Waals surface area contributed by atoms with Crippen LogP contribution in [0.3, 0.4) is 0 Å². The smallest absolute Gasteiger partial charge is 0.270 e. The molecule has 0 atom stereocenters. The van der Waals surface area contributed by atoms with Crippen LogP contribution < -0.4 is 0 Å². The third-order valence-corrected chi connectivity index (χ3v) is 5.20. The van der Waals surface area contributed by atoms with Crippen molar-refractivity contribution < 1.29 is 4.79 Å². The molecule has 0 bridgehead atoms. The highest BCUT2D eigenvalue weighted by molar-refractivity contribution is 5.92. The van der Waals surface area contributed by atoms with Gasteiger partial charge in [-0.15, -0.1) is 0 Å². The zero-order valence-electron chi connectivity index (χ0n) is 15.2.